The predicted molar refractivity (Wildman–Crippen MR) is 70.0 cm³/mol. The molecule has 0 saturated heterocycles. The topological polar surface area (TPSA) is 65.8 Å². The molecule has 0 fully saturated rings. The van der Waals surface area contributed by atoms with Crippen LogP contribution in [0.3, 0.4) is 0 Å². The molecule has 4 nitrogen and oxygen atoms in total. The van der Waals surface area contributed by atoms with Gasteiger partial charge in [-0.2, -0.15) is 5.26 Å². The normalized spacial score (nSPS) is 10.8. The first kappa shape index (κ1) is 14.2. The predicted octanol–water partition coefficient (Wildman–Crippen LogP) is 2.51. The van der Waals surface area contributed by atoms with Gasteiger partial charge in [0.25, 0.3) is 5.91 Å². The van der Waals surface area contributed by atoms with Crippen LogP contribution in [0.1, 0.15) is 49.7 Å². The third-order valence-electron chi connectivity index (χ3n) is 2.79. The minimum Gasteiger partial charge on any atom is -0.351 e. The van der Waals surface area contributed by atoms with Crippen LogP contribution in [0.15, 0.2) is 18.3 Å². The fourth-order valence-electron chi connectivity index (χ4n) is 1.78. The van der Waals surface area contributed by atoms with E-state index in [0.717, 1.165) is 12.8 Å². The lowest BCUT2D eigenvalue weighted by Gasteiger charge is -2.24. The van der Waals surface area contributed by atoms with Crippen molar-refractivity contribution in [1.29, 1.82) is 5.26 Å². The second kappa shape index (κ2) is 6.15. The van der Waals surface area contributed by atoms with Crippen molar-refractivity contribution < 1.29 is 4.79 Å². The molecule has 0 aromatic carbocycles. The van der Waals surface area contributed by atoms with E-state index in [9.17, 15) is 4.79 Å². The molecule has 0 aliphatic heterocycles. The molecule has 0 saturated carbocycles. The fourth-order valence-corrected chi connectivity index (χ4v) is 1.78. The number of aromatic nitrogens is 1. The van der Waals surface area contributed by atoms with Crippen LogP contribution in [0, 0.1) is 16.7 Å². The summed E-state index contributed by atoms with van der Waals surface area (Å²) in [6.45, 7) is 7.04. The van der Waals surface area contributed by atoms with Gasteiger partial charge in [-0.15, -0.1) is 0 Å². The highest BCUT2D eigenvalue weighted by molar-refractivity contribution is 5.93. The van der Waals surface area contributed by atoms with Crippen molar-refractivity contribution in [3.63, 3.8) is 0 Å². The molecule has 1 heterocycles. The molecule has 0 bridgehead atoms. The van der Waals surface area contributed by atoms with Crippen LogP contribution < -0.4 is 5.32 Å². The summed E-state index contributed by atoms with van der Waals surface area (Å²) in [4.78, 5) is 15.7. The molecule has 96 valence electrons. The van der Waals surface area contributed by atoms with Crippen molar-refractivity contribution in [2.45, 2.75) is 33.6 Å². The summed E-state index contributed by atoms with van der Waals surface area (Å²) in [7, 11) is 0. The molecule has 0 radical (unpaired) electrons. The van der Waals surface area contributed by atoms with E-state index in [1.807, 2.05) is 6.07 Å². The van der Waals surface area contributed by atoms with Gasteiger partial charge in [0.2, 0.25) is 0 Å². The summed E-state index contributed by atoms with van der Waals surface area (Å²) >= 11 is 0. The Bertz CT molecular complexity index is 443. The smallest absolute Gasteiger partial charge is 0.252 e. The molecule has 1 aromatic heterocycles. The van der Waals surface area contributed by atoms with Crippen molar-refractivity contribution in [3.8, 4) is 6.07 Å². The molecule has 0 spiro atoms. The standard InChI is InChI=1S/C14H19N3O/c1-4-7-14(2,3)10-17-13(18)11-5-6-12(8-15)16-9-11/h5-6,9H,4,7,10H2,1-3H3,(H,17,18). The molecule has 0 aliphatic rings. The Morgan fingerprint density at radius 3 is 2.72 bits per heavy atom. The minimum absolute atomic E-state index is 0.102. The van der Waals surface area contributed by atoms with Gasteiger partial charge in [-0.25, -0.2) is 4.98 Å². The molecule has 0 aliphatic carbocycles. The Kier molecular flexibility index (Phi) is 4.85. The van der Waals surface area contributed by atoms with E-state index in [2.05, 4.69) is 31.1 Å². The zero-order valence-corrected chi connectivity index (χ0v) is 11.2. The van der Waals surface area contributed by atoms with E-state index in [1.165, 1.54) is 6.20 Å². The Hall–Kier alpha value is -1.89. The maximum Gasteiger partial charge on any atom is 0.252 e. The number of pyridine rings is 1. The molecule has 4 heteroatoms. The molecule has 1 amide bonds. The number of hydrogen-bond donors (Lipinski definition) is 1. The van der Waals surface area contributed by atoms with E-state index in [4.69, 9.17) is 5.26 Å². The van der Waals surface area contributed by atoms with E-state index >= 15 is 0 Å². The molecule has 1 aromatic rings. The summed E-state index contributed by atoms with van der Waals surface area (Å²) < 4.78 is 0. The van der Waals surface area contributed by atoms with Crippen LogP contribution in [-0.2, 0) is 0 Å². The SMILES string of the molecule is CCCC(C)(C)CNC(=O)c1ccc(C#N)nc1. The van der Waals surface area contributed by atoms with Gasteiger partial charge in [0.05, 0.1) is 5.56 Å². The first-order chi connectivity index (χ1) is 8.48. The highest BCUT2D eigenvalue weighted by atomic mass is 16.1. The van der Waals surface area contributed by atoms with E-state index in [-0.39, 0.29) is 11.3 Å². The number of nitriles is 1. The molecule has 0 unspecified atom stereocenters. The third kappa shape index (κ3) is 4.17. The van der Waals surface area contributed by atoms with Crippen LogP contribution >= 0.6 is 0 Å². The van der Waals surface area contributed by atoms with Gasteiger partial charge in [0.1, 0.15) is 11.8 Å². The van der Waals surface area contributed by atoms with Gasteiger partial charge >= 0.3 is 0 Å². The molecule has 1 rings (SSSR count). The largest absolute Gasteiger partial charge is 0.351 e. The number of nitrogens with one attached hydrogen (secondary N) is 1. The van der Waals surface area contributed by atoms with Crippen LogP contribution in [0.4, 0.5) is 0 Å². The first-order valence-corrected chi connectivity index (χ1v) is 6.13. The second-order valence-electron chi connectivity index (χ2n) is 5.14. The molecular weight excluding hydrogens is 226 g/mol. The van der Waals surface area contributed by atoms with Crippen molar-refractivity contribution >= 4 is 5.91 Å². The Morgan fingerprint density at radius 1 is 1.50 bits per heavy atom. The van der Waals surface area contributed by atoms with Gasteiger partial charge < -0.3 is 5.32 Å². The van der Waals surface area contributed by atoms with E-state index in [1.54, 1.807) is 12.1 Å². The van der Waals surface area contributed by atoms with Crippen LogP contribution in [0.2, 0.25) is 0 Å². The Balaban J connectivity index is 2.58. The minimum atomic E-state index is -0.142. The van der Waals surface area contributed by atoms with Gasteiger partial charge in [0, 0.05) is 12.7 Å². The highest BCUT2D eigenvalue weighted by Gasteiger charge is 2.18. The average Bonchev–Trinajstić information content (AvgIpc) is 2.36. The summed E-state index contributed by atoms with van der Waals surface area (Å²) in [6, 6.07) is 5.09. The highest BCUT2D eigenvalue weighted by Crippen LogP contribution is 2.20. The van der Waals surface area contributed by atoms with Crippen molar-refractivity contribution in [2.24, 2.45) is 5.41 Å². The average molecular weight is 245 g/mol. The maximum atomic E-state index is 11.9. The fraction of sp³-hybridized carbons (Fsp3) is 0.500. The van der Waals surface area contributed by atoms with Gasteiger partial charge in [-0.05, 0) is 24.0 Å². The number of carbonyl (C=O) groups excluding carboxylic acids is 1. The van der Waals surface area contributed by atoms with Gasteiger partial charge in [0.15, 0.2) is 0 Å². The first-order valence-electron chi connectivity index (χ1n) is 6.13. The summed E-state index contributed by atoms with van der Waals surface area (Å²) in [5.41, 5.74) is 0.906. The van der Waals surface area contributed by atoms with Gasteiger partial charge in [-0.3, -0.25) is 4.79 Å². The van der Waals surface area contributed by atoms with Crippen molar-refractivity contribution in [3.05, 3.63) is 29.6 Å². The number of rotatable bonds is 5. The quantitative estimate of drug-likeness (QED) is 0.866. The maximum absolute atomic E-state index is 11.9. The lowest BCUT2D eigenvalue weighted by Crippen LogP contribution is -2.33. The number of carbonyl (C=O) groups is 1. The third-order valence-corrected chi connectivity index (χ3v) is 2.79. The lowest BCUT2D eigenvalue weighted by molar-refractivity contribution is 0.0934. The summed E-state index contributed by atoms with van der Waals surface area (Å²) in [6.07, 6.45) is 3.60. The van der Waals surface area contributed by atoms with Crippen LogP contribution in [0.5, 0.6) is 0 Å². The molecule has 1 N–H and O–H groups in total. The number of amides is 1. The van der Waals surface area contributed by atoms with Gasteiger partial charge in [-0.1, -0.05) is 27.2 Å². The number of hydrogen-bond acceptors (Lipinski definition) is 3. The zero-order valence-electron chi connectivity index (χ0n) is 11.2. The second-order valence-corrected chi connectivity index (χ2v) is 5.14. The Morgan fingerprint density at radius 2 is 2.22 bits per heavy atom. The molecular formula is C14H19N3O. The lowest BCUT2D eigenvalue weighted by atomic mass is 9.88. The van der Waals surface area contributed by atoms with Crippen molar-refractivity contribution in [1.82, 2.24) is 10.3 Å². The molecule has 0 atom stereocenters. The van der Waals surface area contributed by atoms with Crippen LogP contribution in [0.25, 0.3) is 0 Å². The van der Waals surface area contributed by atoms with Crippen LogP contribution in [-0.4, -0.2) is 17.4 Å². The Labute approximate surface area is 108 Å². The zero-order chi connectivity index (χ0) is 13.6. The summed E-state index contributed by atoms with van der Waals surface area (Å²) in [5, 5.41) is 11.5. The van der Waals surface area contributed by atoms with E-state index in [0.29, 0.717) is 17.8 Å². The monoisotopic (exact) mass is 245 g/mol. The molecule has 18 heavy (non-hydrogen) atoms. The summed E-state index contributed by atoms with van der Waals surface area (Å²) in [5.74, 6) is -0.142. The van der Waals surface area contributed by atoms with E-state index < -0.39 is 0 Å². The number of nitrogens with zero attached hydrogens (tertiary/aromatic N) is 2. The van der Waals surface area contributed by atoms with Crippen molar-refractivity contribution in [2.75, 3.05) is 6.54 Å².